The monoisotopic (exact) mass is 427 g/mol. The van der Waals surface area contributed by atoms with Crippen LogP contribution in [-0.4, -0.2) is 23.3 Å². The molecule has 31 heavy (non-hydrogen) atoms. The van der Waals surface area contributed by atoms with E-state index in [9.17, 15) is 0 Å². The van der Waals surface area contributed by atoms with Crippen molar-refractivity contribution >= 4 is 56.1 Å². The minimum absolute atomic E-state index is 0.404. The van der Waals surface area contributed by atoms with Gasteiger partial charge < -0.3 is 13.7 Å². The van der Waals surface area contributed by atoms with Crippen LogP contribution in [0.3, 0.4) is 0 Å². The number of furan rings is 1. The van der Waals surface area contributed by atoms with Gasteiger partial charge in [-0.05, 0) is 39.8 Å². The molecular weight excluding hydrogens is 405 g/mol. The van der Waals surface area contributed by atoms with E-state index in [4.69, 9.17) is 18.7 Å². The van der Waals surface area contributed by atoms with E-state index in [0.29, 0.717) is 0 Å². The molecule has 6 rings (SSSR count). The van der Waals surface area contributed by atoms with Crippen molar-refractivity contribution in [2.75, 3.05) is 0 Å². The highest BCUT2D eigenvalue weighted by atomic mass is 32.1. The van der Waals surface area contributed by atoms with Crippen LogP contribution >= 0.6 is 11.3 Å². The molecule has 0 spiro atoms. The topological polar surface area (TPSA) is 44.5 Å². The summed E-state index contributed by atoms with van der Waals surface area (Å²) in [5.74, 6) is 0. The quantitative estimate of drug-likeness (QED) is 0.317. The fraction of sp³-hybridized carbons (Fsp3) is 0.240. The molecule has 0 aliphatic carbocycles. The molecule has 1 aliphatic rings. The number of rotatable bonds is 2. The lowest BCUT2D eigenvalue weighted by Crippen LogP contribution is -2.41. The summed E-state index contributed by atoms with van der Waals surface area (Å²) in [7, 11) is -0.472. The lowest BCUT2D eigenvalue weighted by atomic mass is 9.78. The first-order chi connectivity index (χ1) is 14.8. The van der Waals surface area contributed by atoms with Gasteiger partial charge >= 0.3 is 7.12 Å². The summed E-state index contributed by atoms with van der Waals surface area (Å²) in [5, 5.41) is 3.10. The maximum absolute atomic E-state index is 6.36. The Kier molecular flexibility index (Phi) is 3.95. The van der Waals surface area contributed by atoms with Crippen molar-refractivity contribution in [3.05, 3.63) is 60.7 Å². The molecule has 3 heterocycles. The number of para-hydroxylation sites is 1. The molecule has 5 aromatic rings. The Morgan fingerprint density at radius 1 is 0.839 bits per heavy atom. The van der Waals surface area contributed by atoms with Gasteiger partial charge in [-0.3, -0.25) is 0 Å². The summed E-state index contributed by atoms with van der Waals surface area (Å²) >= 11 is 1.70. The first-order valence-corrected chi connectivity index (χ1v) is 11.3. The first-order valence-electron chi connectivity index (χ1n) is 10.5. The number of thiazole rings is 1. The maximum atomic E-state index is 6.36. The van der Waals surface area contributed by atoms with Crippen LogP contribution in [0.25, 0.3) is 42.7 Å². The number of fused-ring (bicyclic) bond motifs is 5. The average Bonchev–Trinajstić information content (AvgIpc) is 3.39. The van der Waals surface area contributed by atoms with E-state index in [0.717, 1.165) is 48.2 Å². The second kappa shape index (κ2) is 6.42. The molecule has 0 atom stereocenters. The van der Waals surface area contributed by atoms with Gasteiger partial charge in [-0.1, -0.05) is 48.5 Å². The van der Waals surface area contributed by atoms with Crippen molar-refractivity contribution in [1.82, 2.24) is 4.98 Å². The van der Waals surface area contributed by atoms with Crippen LogP contribution in [0, 0.1) is 0 Å². The second-order valence-electron chi connectivity index (χ2n) is 9.08. The molecule has 0 bridgehead atoms. The van der Waals surface area contributed by atoms with Gasteiger partial charge in [0.15, 0.2) is 0 Å². The number of nitrogens with zero attached hydrogens (tertiary/aromatic N) is 1. The lowest BCUT2D eigenvalue weighted by Gasteiger charge is -2.32. The molecule has 4 nitrogen and oxygen atoms in total. The molecule has 0 radical (unpaired) electrons. The molecule has 1 aliphatic heterocycles. The van der Waals surface area contributed by atoms with Crippen molar-refractivity contribution in [2.45, 2.75) is 38.9 Å². The van der Waals surface area contributed by atoms with Gasteiger partial charge in [0.2, 0.25) is 0 Å². The molecule has 2 aromatic heterocycles. The molecule has 0 amide bonds. The molecule has 0 N–H and O–H groups in total. The summed E-state index contributed by atoms with van der Waals surface area (Å²) in [5.41, 5.74) is 3.85. The Morgan fingerprint density at radius 3 is 2.32 bits per heavy atom. The van der Waals surface area contributed by atoms with E-state index in [-0.39, 0.29) is 0 Å². The fourth-order valence-electron chi connectivity index (χ4n) is 4.16. The van der Waals surface area contributed by atoms with Gasteiger partial charge in [0, 0.05) is 16.4 Å². The highest BCUT2D eigenvalue weighted by molar-refractivity contribution is 7.21. The van der Waals surface area contributed by atoms with Crippen LogP contribution in [0.15, 0.2) is 65.1 Å². The predicted molar refractivity (Wildman–Crippen MR) is 128 cm³/mol. The van der Waals surface area contributed by atoms with E-state index in [2.05, 4.69) is 52.0 Å². The number of hydrogen-bond donors (Lipinski definition) is 0. The van der Waals surface area contributed by atoms with Crippen LogP contribution in [0.4, 0.5) is 0 Å². The van der Waals surface area contributed by atoms with Crippen LogP contribution in [-0.2, 0) is 9.31 Å². The smallest absolute Gasteiger partial charge is 0.456 e. The maximum Gasteiger partial charge on any atom is 0.498 e. The van der Waals surface area contributed by atoms with Gasteiger partial charge in [0.25, 0.3) is 0 Å². The SMILES string of the molecule is CC1(C)OB(c2cccc3c2oc2ccc4sc(-c5ccccc5)nc4c23)OC1(C)C. The van der Waals surface area contributed by atoms with Crippen molar-refractivity contribution in [3.63, 3.8) is 0 Å². The van der Waals surface area contributed by atoms with Crippen LogP contribution in [0.1, 0.15) is 27.7 Å². The standard InChI is InChI=1S/C25H22BNO3S/c1-24(2)25(3,4)30-26(29-24)17-12-8-11-16-20-18(28-22(16)17)13-14-19-21(20)27-23(31-19)15-9-6-5-7-10-15/h5-14H,1-4H3. The molecule has 154 valence electrons. The number of benzene rings is 3. The molecule has 1 saturated heterocycles. The van der Waals surface area contributed by atoms with E-state index in [1.807, 2.05) is 36.4 Å². The summed E-state index contributed by atoms with van der Waals surface area (Å²) in [6.07, 6.45) is 0. The van der Waals surface area contributed by atoms with Gasteiger partial charge in [0.1, 0.15) is 16.2 Å². The van der Waals surface area contributed by atoms with E-state index >= 15 is 0 Å². The van der Waals surface area contributed by atoms with Crippen LogP contribution in [0.2, 0.25) is 0 Å². The second-order valence-corrected chi connectivity index (χ2v) is 10.1. The number of aromatic nitrogens is 1. The molecule has 0 saturated carbocycles. The zero-order valence-corrected chi connectivity index (χ0v) is 18.7. The average molecular weight is 427 g/mol. The van der Waals surface area contributed by atoms with Crippen molar-refractivity contribution in [2.24, 2.45) is 0 Å². The Labute approximate surface area is 184 Å². The minimum Gasteiger partial charge on any atom is -0.456 e. The fourth-order valence-corrected chi connectivity index (χ4v) is 5.14. The van der Waals surface area contributed by atoms with E-state index in [1.54, 1.807) is 11.3 Å². The normalized spacial score (nSPS) is 17.9. The third kappa shape index (κ3) is 2.79. The third-order valence-electron chi connectivity index (χ3n) is 6.58. The highest BCUT2D eigenvalue weighted by Gasteiger charge is 2.52. The van der Waals surface area contributed by atoms with Crippen molar-refractivity contribution < 1.29 is 13.7 Å². The third-order valence-corrected chi connectivity index (χ3v) is 7.65. The van der Waals surface area contributed by atoms with Crippen molar-refractivity contribution in [3.8, 4) is 10.6 Å². The summed E-state index contributed by atoms with van der Waals surface area (Å²) in [6, 6.07) is 20.6. The Bertz CT molecular complexity index is 1440. The van der Waals surface area contributed by atoms with Gasteiger partial charge in [0.05, 0.1) is 26.8 Å². The van der Waals surface area contributed by atoms with Gasteiger partial charge in [-0.15, -0.1) is 11.3 Å². The Morgan fingerprint density at radius 2 is 1.58 bits per heavy atom. The van der Waals surface area contributed by atoms with Crippen molar-refractivity contribution in [1.29, 1.82) is 0 Å². The van der Waals surface area contributed by atoms with Gasteiger partial charge in [-0.2, -0.15) is 0 Å². The lowest BCUT2D eigenvalue weighted by molar-refractivity contribution is 0.00578. The minimum atomic E-state index is -0.472. The largest absolute Gasteiger partial charge is 0.498 e. The van der Waals surface area contributed by atoms with E-state index < -0.39 is 18.3 Å². The molecular formula is C25H22BNO3S. The summed E-state index contributed by atoms with van der Waals surface area (Å²) < 4.78 is 20.1. The first kappa shape index (κ1) is 19.1. The summed E-state index contributed by atoms with van der Waals surface area (Å²) in [6.45, 7) is 8.26. The molecule has 1 fully saturated rings. The van der Waals surface area contributed by atoms with Crippen LogP contribution in [0.5, 0.6) is 0 Å². The number of hydrogen-bond acceptors (Lipinski definition) is 5. The predicted octanol–water partition coefficient (Wildman–Crippen LogP) is 6.16. The zero-order chi connectivity index (χ0) is 21.4. The zero-order valence-electron chi connectivity index (χ0n) is 17.9. The summed E-state index contributed by atoms with van der Waals surface area (Å²) in [4.78, 5) is 5.00. The van der Waals surface area contributed by atoms with Crippen LogP contribution < -0.4 is 5.46 Å². The Balaban J connectivity index is 1.56. The Hall–Kier alpha value is -2.67. The van der Waals surface area contributed by atoms with E-state index in [1.165, 1.54) is 0 Å². The van der Waals surface area contributed by atoms with Gasteiger partial charge in [-0.25, -0.2) is 4.98 Å². The molecule has 6 heteroatoms. The molecule has 0 unspecified atom stereocenters. The highest BCUT2D eigenvalue weighted by Crippen LogP contribution is 2.40. The molecule has 3 aromatic carbocycles.